The summed E-state index contributed by atoms with van der Waals surface area (Å²) in [5, 5.41) is 14.7. The van der Waals surface area contributed by atoms with Gasteiger partial charge in [0.25, 0.3) is 0 Å². The lowest BCUT2D eigenvalue weighted by Crippen LogP contribution is -2.46. The molecule has 1 aliphatic rings. The van der Waals surface area contributed by atoms with Gasteiger partial charge in [0.15, 0.2) is 0 Å². The van der Waals surface area contributed by atoms with Crippen molar-refractivity contribution in [3.8, 4) is 11.3 Å². The first-order valence-electron chi connectivity index (χ1n) is 12.1. The van der Waals surface area contributed by atoms with Gasteiger partial charge in [0, 0.05) is 49.2 Å². The van der Waals surface area contributed by atoms with Gasteiger partial charge < -0.3 is 15.7 Å². The van der Waals surface area contributed by atoms with Crippen LogP contribution in [-0.4, -0.2) is 43.8 Å². The molecule has 1 fully saturated rings. The van der Waals surface area contributed by atoms with Crippen LogP contribution in [0, 0.1) is 17.6 Å². The number of piperidine rings is 1. The maximum absolute atomic E-state index is 15.0. The molecule has 0 unspecified atom stereocenters. The molecule has 0 amide bonds. The summed E-state index contributed by atoms with van der Waals surface area (Å²) in [6.45, 7) is 6.84. The van der Waals surface area contributed by atoms with Crippen LogP contribution in [0.15, 0.2) is 48.9 Å². The standard InChI is InChI=1S/C27H30F2N6O/c1-16-8-19(30)15-34(14-16)24-6-7-31-12-17(24)9-25-32-13-20-4-5-23(33-35(20)25)26-21(28)10-18(11-22(26)29)27(2,3)36/h4-7,10-13,16,19,36H,8-9,14-15,30H2,1-3H3/t16-,19+/m1/s1. The van der Waals surface area contributed by atoms with Crippen molar-refractivity contribution in [2.75, 3.05) is 18.0 Å². The van der Waals surface area contributed by atoms with Crippen LogP contribution in [0.4, 0.5) is 14.5 Å². The van der Waals surface area contributed by atoms with Gasteiger partial charge in [-0.15, -0.1) is 0 Å². The number of nitrogens with zero attached hydrogens (tertiary/aromatic N) is 5. The predicted octanol–water partition coefficient (Wildman–Crippen LogP) is 4.06. The van der Waals surface area contributed by atoms with Crippen LogP contribution in [0.5, 0.6) is 0 Å². The van der Waals surface area contributed by atoms with E-state index in [0.29, 0.717) is 23.7 Å². The zero-order chi connectivity index (χ0) is 25.6. The lowest BCUT2D eigenvalue weighted by atomic mass is 9.95. The normalized spacial score (nSPS) is 18.7. The van der Waals surface area contributed by atoms with E-state index in [0.717, 1.165) is 42.9 Å². The van der Waals surface area contributed by atoms with Gasteiger partial charge >= 0.3 is 0 Å². The summed E-state index contributed by atoms with van der Waals surface area (Å²) in [5.41, 5.74) is 7.70. The summed E-state index contributed by atoms with van der Waals surface area (Å²) in [6.07, 6.45) is 6.71. The number of anilines is 1. The molecule has 1 aromatic carbocycles. The summed E-state index contributed by atoms with van der Waals surface area (Å²) in [6, 6.07) is 7.69. The van der Waals surface area contributed by atoms with Gasteiger partial charge in [-0.25, -0.2) is 18.3 Å². The fourth-order valence-electron chi connectivity index (χ4n) is 4.99. The van der Waals surface area contributed by atoms with E-state index in [1.165, 1.54) is 13.8 Å². The van der Waals surface area contributed by atoms with Gasteiger partial charge in [-0.2, -0.15) is 5.10 Å². The second-order valence-corrected chi connectivity index (χ2v) is 10.3. The molecule has 4 aromatic rings. The van der Waals surface area contributed by atoms with Gasteiger partial charge in [0.1, 0.15) is 17.5 Å². The van der Waals surface area contributed by atoms with Crippen LogP contribution < -0.4 is 10.6 Å². The molecule has 0 spiro atoms. The third kappa shape index (κ3) is 4.68. The maximum atomic E-state index is 15.0. The highest BCUT2D eigenvalue weighted by atomic mass is 19.1. The van der Waals surface area contributed by atoms with Crippen molar-refractivity contribution in [3.63, 3.8) is 0 Å². The minimum atomic E-state index is -1.37. The Hall–Kier alpha value is -3.43. The molecule has 188 valence electrons. The average molecular weight is 493 g/mol. The SMILES string of the molecule is C[C@@H]1C[C@H](N)CN(c2ccncc2Cc2ncc3ccc(-c4c(F)cc(C(C)(C)O)cc4F)nn23)C1. The minimum absolute atomic E-state index is 0.110. The van der Waals surface area contributed by atoms with Crippen molar-refractivity contribution in [2.24, 2.45) is 11.7 Å². The van der Waals surface area contributed by atoms with E-state index >= 15 is 0 Å². The number of aliphatic hydroxyl groups is 1. The van der Waals surface area contributed by atoms with Crippen LogP contribution in [0.2, 0.25) is 0 Å². The molecule has 1 saturated heterocycles. The molecule has 36 heavy (non-hydrogen) atoms. The Kier molecular flexibility index (Phi) is 6.22. The molecule has 4 heterocycles. The Morgan fingerprint density at radius 1 is 1.11 bits per heavy atom. The third-order valence-electron chi connectivity index (χ3n) is 6.72. The fraction of sp³-hybridized carbons (Fsp3) is 0.370. The molecule has 0 bridgehead atoms. The Balaban J connectivity index is 1.51. The van der Waals surface area contributed by atoms with Crippen molar-refractivity contribution in [1.82, 2.24) is 19.6 Å². The van der Waals surface area contributed by atoms with Crippen molar-refractivity contribution in [2.45, 2.75) is 45.3 Å². The monoisotopic (exact) mass is 492 g/mol. The topological polar surface area (TPSA) is 92.6 Å². The highest BCUT2D eigenvalue weighted by Crippen LogP contribution is 2.31. The van der Waals surface area contributed by atoms with Crippen LogP contribution in [0.25, 0.3) is 16.8 Å². The zero-order valence-electron chi connectivity index (χ0n) is 20.6. The largest absolute Gasteiger partial charge is 0.386 e. The number of pyridine rings is 1. The second-order valence-electron chi connectivity index (χ2n) is 10.3. The number of benzene rings is 1. The summed E-state index contributed by atoms with van der Waals surface area (Å²) >= 11 is 0. The molecular formula is C27H30F2N6O. The summed E-state index contributed by atoms with van der Waals surface area (Å²) in [7, 11) is 0. The van der Waals surface area contributed by atoms with Gasteiger partial charge in [-0.3, -0.25) is 4.98 Å². The molecule has 0 radical (unpaired) electrons. The fourth-order valence-corrected chi connectivity index (χ4v) is 4.99. The van der Waals surface area contributed by atoms with Crippen molar-refractivity contribution in [3.05, 3.63) is 77.5 Å². The Morgan fingerprint density at radius 3 is 2.56 bits per heavy atom. The first kappa shape index (κ1) is 24.3. The number of rotatable bonds is 5. The van der Waals surface area contributed by atoms with Gasteiger partial charge in [0.2, 0.25) is 0 Å². The van der Waals surface area contributed by atoms with Crippen molar-refractivity contribution in [1.29, 1.82) is 0 Å². The Bertz CT molecular complexity index is 1380. The lowest BCUT2D eigenvalue weighted by molar-refractivity contribution is 0.0779. The minimum Gasteiger partial charge on any atom is -0.386 e. The van der Waals surface area contributed by atoms with E-state index in [1.54, 1.807) is 29.0 Å². The number of hydrogen-bond donors (Lipinski definition) is 2. The first-order valence-corrected chi connectivity index (χ1v) is 12.1. The number of imidazole rings is 1. The Morgan fingerprint density at radius 2 is 1.86 bits per heavy atom. The molecule has 1 aliphatic heterocycles. The maximum Gasteiger partial charge on any atom is 0.136 e. The first-order chi connectivity index (χ1) is 17.1. The van der Waals surface area contributed by atoms with Gasteiger partial charge in [-0.1, -0.05) is 6.92 Å². The molecule has 3 aromatic heterocycles. The number of halogens is 2. The number of fused-ring (bicyclic) bond motifs is 1. The third-order valence-corrected chi connectivity index (χ3v) is 6.72. The number of hydrogen-bond acceptors (Lipinski definition) is 6. The highest BCUT2D eigenvalue weighted by Gasteiger charge is 2.25. The van der Waals surface area contributed by atoms with E-state index in [-0.39, 0.29) is 22.9 Å². The van der Waals surface area contributed by atoms with E-state index < -0.39 is 17.2 Å². The van der Waals surface area contributed by atoms with E-state index in [2.05, 4.69) is 26.9 Å². The van der Waals surface area contributed by atoms with Crippen LogP contribution in [0.1, 0.15) is 44.1 Å². The van der Waals surface area contributed by atoms with Crippen LogP contribution >= 0.6 is 0 Å². The summed E-state index contributed by atoms with van der Waals surface area (Å²) in [5.74, 6) is -0.459. The quantitative estimate of drug-likeness (QED) is 0.437. The summed E-state index contributed by atoms with van der Waals surface area (Å²) < 4.78 is 31.6. The lowest BCUT2D eigenvalue weighted by Gasteiger charge is -2.37. The smallest absolute Gasteiger partial charge is 0.136 e. The summed E-state index contributed by atoms with van der Waals surface area (Å²) in [4.78, 5) is 11.2. The number of nitrogens with two attached hydrogens (primary N) is 1. The zero-order valence-corrected chi connectivity index (χ0v) is 20.6. The molecule has 0 saturated carbocycles. The molecular weight excluding hydrogens is 462 g/mol. The van der Waals surface area contributed by atoms with Gasteiger partial charge in [0.05, 0.1) is 28.6 Å². The van der Waals surface area contributed by atoms with Crippen molar-refractivity contribution >= 4 is 11.2 Å². The molecule has 0 aliphatic carbocycles. The molecule has 5 rings (SSSR count). The molecule has 2 atom stereocenters. The van der Waals surface area contributed by atoms with Crippen LogP contribution in [0.3, 0.4) is 0 Å². The van der Waals surface area contributed by atoms with Crippen molar-refractivity contribution < 1.29 is 13.9 Å². The second kappa shape index (κ2) is 9.22. The molecule has 7 nitrogen and oxygen atoms in total. The predicted molar refractivity (Wildman–Crippen MR) is 135 cm³/mol. The molecule has 3 N–H and O–H groups in total. The van der Waals surface area contributed by atoms with E-state index in [9.17, 15) is 13.9 Å². The van der Waals surface area contributed by atoms with Crippen LogP contribution in [-0.2, 0) is 12.0 Å². The van der Waals surface area contributed by atoms with Gasteiger partial charge in [-0.05, 0) is 62.1 Å². The Labute approximate surface area is 208 Å². The average Bonchev–Trinajstić information content (AvgIpc) is 3.20. The molecule has 9 heteroatoms. The van der Waals surface area contributed by atoms with E-state index in [1.807, 2.05) is 12.3 Å². The highest BCUT2D eigenvalue weighted by molar-refractivity contribution is 5.63. The number of aromatic nitrogens is 4. The van der Waals surface area contributed by atoms with E-state index in [4.69, 9.17) is 5.73 Å².